The van der Waals surface area contributed by atoms with Crippen LogP contribution in [0.15, 0.2) is 24.3 Å². The number of likely N-dealkylation sites (tertiary alicyclic amines) is 2. The predicted molar refractivity (Wildman–Crippen MR) is 91.5 cm³/mol. The Labute approximate surface area is 139 Å². The maximum absolute atomic E-state index is 12.9. The van der Waals surface area contributed by atoms with E-state index in [0.29, 0.717) is 11.9 Å². The molecule has 4 nitrogen and oxygen atoms in total. The third kappa shape index (κ3) is 3.37. The highest BCUT2D eigenvalue weighted by atomic mass is 16.5. The summed E-state index contributed by atoms with van der Waals surface area (Å²) in [6, 6.07) is 8.95. The molecule has 1 amide bonds. The first-order chi connectivity index (χ1) is 11.1. The van der Waals surface area contributed by atoms with Gasteiger partial charge in [0.15, 0.2) is 0 Å². The van der Waals surface area contributed by atoms with E-state index in [0.717, 1.165) is 44.6 Å². The molecule has 2 fully saturated rings. The minimum absolute atomic E-state index is 0.207. The zero-order chi connectivity index (χ0) is 16.4. The fourth-order valence-corrected chi connectivity index (χ4v) is 3.74. The molecule has 0 aromatic heterocycles. The lowest BCUT2D eigenvalue weighted by Crippen LogP contribution is -2.50. The lowest BCUT2D eigenvalue weighted by atomic mass is 9.89. The zero-order valence-corrected chi connectivity index (χ0v) is 14.5. The molecule has 2 saturated heterocycles. The van der Waals surface area contributed by atoms with Gasteiger partial charge < -0.3 is 14.5 Å². The van der Waals surface area contributed by atoms with Crippen molar-refractivity contribution in [3.05, 3.63) is 29.8 Å². The number of carbonyl (C=O) groups excluding carboxylic acids is 1. The summed E-state index contributed by atoms with van der Waals surface area (Å²) in [5.74, 6) is 1.43. The number of benzene rings is 1. The molecular formula is C19H28N2O2. The number of rotatable bonds is 4. The molecule has 0 radical (unpaired) electrons. The minimum Gasteiger partial charge on any atom is -0.497 e. The molecule has 23 heavy (non-hydrogen) atoms. The molecule has 2 aliphatic rings. The van der Waals surface area contributed by atoms with E-state index in [1.807, 2.05) is 12.1 Å². The van der Waals surface area contributed by atoms with E-state index in [4.69, 9.17) is 4.74 Å². The van der Waals surface area contributed by atoms with Crippen molar-refractivity contribution in [3.63, 3.8) is 0 Å². The van der Waals surface area contributed by atoms with Crippen LogP contribution in [0.3, 0.4) is 0 Å². The van der Waals surface area contributed by atoms with E-state index in [-0.39, 0.29) is 12.0 Å². The van der Waals surface area contributed by atoms with Gasteiger partial charge >= 0.3 is 0 Å². The van der Waals surface area contributed by atoms with Crippen molar-refractivity contribution >= 4 is 5.91 Å². The van der Waals surface area contributed by atoms with Crippen molar-refractivity contribution in [2.75, 3.05) is 26.7 Å². The second-order valence-electron chi connectivity index (χ2n) is 7.02. The highest BCUT2D eigenvalue weighted by Gasteiger charge is 2.38. The Morgan fingerprint density at radius 3 is 2.48 bits per heavy atom. The Balaban J connectivity index is 1.62. The number of amides is 1. The summed E-state index contributed by atoms with van der Waals surface area (Å²) in [4.78, 5) is 17.4. The van der Waals surface area contributed by atoms with E-state index in [2.05, 4.69) is 35.8 Å². The molecule has 3 rings (SSSR count). The summed E-state index contributed by atoms with van der Waals surface area (Å²) < 4.78 is 5.31. The van der Waals surface area contributed by atoms with Crippen molar-refractivity contribution < 1.29 is 9.53 Å². The van der Waals surface area contributed by atoms with Crippen LogP contribution in [0.2, 0.25) is 0 Å². The molecule has 2 aliphatic heterocycles. The summed E-state index contributed by atoms with van der Waals surface area (Å²) in [6.45, 7) is 7.45. The number of hydrogen-bond acceptors (Lipinski definition) is 3. The summed E-state index contributed by atoms with van der Waals surface area (Å²) in [6.07, 6.45) is 3.06. The standard InChI is InChI=1S/C19H28N2O2/c1-14(2)20-10-7-15(8-11-20)19(22)21-12-9-18(21)16-5-4-6-17(13-16)23-3/h4-6,13-15,18H,7-12H2,1-3H3/t18-/m1/s1. The first kappa shape index (κ1) is 16.3. The van der Waals surface area contributed by atoms with Gasteiger partial charge in [-0.25, -0.2) is 0 Å². The molecule has 0 saturated carbocycles. The summed E-state index contributed by atoms with van der Waals surface area (Å²) in [5, 5.41) is 0. The smallest absolute Gasteiger partial charge is 0.226 e. The van der Waals surface area contributed by atoms with Gasteiger partial charge in [0.2, 0.25) is 5.91 Å². The van der Waals surface area contributed by atoms with Gasteiger partial charge in [-0.05, 0) is 63.9 Å². The van der Waals surface area contributed by atoms with E-state index < -0.39 is 0 Å². The average molecular weight is 316 g/mol. The number of piperidine rings is 1. The van der Waals surface area contributed by atoms with Crippen LogP contribution in [-0.2, 0) is 4.79 Å². The Morgan fingerprint density at radius 2 is 1.91 bits per heavy atom. The van der Waals surface area contributed by atoms with E-state index in [9.17, 15) is 4.79 Å². The third-order valence-electron chi connectivity index (χ3n) is 5.39. The topological polar surface area (TPSA) is 32.8 Å². The fraction of sp³-hybridized carbons (Fsp3) is 0.632. The molecule has 0 bridgehead atoms. The normalized spacial score (nSPS) is 23.0. The second kappa shape index (κ2) is 6.91. The van der Waals surface area contributed by atoms with Crippen molar-refractivity contribution in [1.29, 1.82) is 0 Å². The second-order valence-corrected chi connectivity index (χ2v) is 7.02. The largest absolute Gasteiger partial charge is 0.497 e. The monoisotopic (exact) mass is 316 g/mol. The van der Waals surface area contributed by atoms with Crippen molar-refractivity contribution in [2.24, 2.45) is 5.92 Å². The van der Waals surface area contributed by atoms with Gasteiger partial charge in [0.25, 0.3) is 0 Å². The number of hydrogen-bond donors (Lipinski definition) is 0. The molecule has 4 heteroatoms. The molecule has 1 aromatic carbocycles. The van der Waals surface area contributed by atoms with Crippen molar-refractivity contribution in [2.45, 2.75) is 45.2 Å². The SMILES string of the molecule is COc1cccc([C@H]2CCN2C(=O)C2CCN(C(C)C)CC2)c1. The van der Waals surface area contributed by atoms with Gasteiger partial charge in [-0.3, -0.25) is 4.79 Å². The number of carbonyl (C=O) groups is 1. The Kier molecular flexibility index (Phi) is 4.90. The maximum Gasteiger partial charge on any atom is 0.226 e. The summed E-state index contributed by atoms with van der Waals surface area (Å²) >= 11 is 0. The molecule has 1 aromatic rings. The van der Waals surface area contributed by atoms with E-state index >= 15 is 0 Å². The van der Waals surface area contributed by atoms with E-state index in [1.165, 1.54) is 5.56 Å². The molecule has 126 valence electrons. The number of nitrogens with zero attached hydrogens (tertiary/aromatic N) is 2. The first-order valence-corrected chi connectivity index (χ1v) is 8.78. The lowest BCUT2D eigenvalue weighted by Gasteiger charge is -2.44. The number of ether oxygens (including phenoxy) is 1. The zero-order valence-electron chi connectivity index (χ0n) is 14.5. The molecule has 0 unspecified atom stereocenters. The van der Waals surface area contributed by atoms with Crippen LogP contribution in [0.1, 0.15) is 44.7 Å². The quantitative estimate of drug-likeness (QED) is 0.856. The summed E-state index contributed by atoms with van der Waals surface area (Å²) in [7, 11) is 1.69. The van der Waals surface area contributed by atoms with Gasteiger partial charge in [-0.2, -0.15) is 0 Å². The van der Waals surface area contributed by atoms with Crippen LogP contribution >= 0.6 is 0 Å². The van der Waals surface area contributed by atoms with Crippen LogP contribution in [0.25, 0.3) is 0 Å². The van der Waals surface area contributed by atoms with Gasteiger partial charge in [0.05, 0.1) is 13.2 Å². The predicted octanol–water partition coefficient (Wildman–Crippen LogP) is 3.09. The molecule has 0 aliphatic carbocycles. The van der Waals surface area contributed by atoms with Crippen LogP contribution < -0.4 is 4.74 Å². The molecule has 2 heterocycles. The van der Waals surface area contributed by atoms with Crippen LogP contribution in [0, 0.1) is 5.92 Å². The van der Waals surface area contributed by atoms with Gasteiger partial charge in [-0.15, -0.1) is 0 Å². The molecule has 0 N–H and O–H groups in total. The number of methoxy groups -OCH3 is 1. The van der Waals surface area contributed by atoms with Gasteiger partial charge in [0.1, 0.15) is 5.75 Å². The highest BCUT2D eigenvalue weighted by Crippen LogP contribution is 2.37. The average Bonchev–Trinajstić information content (AvgIpc) is 2.54. The molecular weight excluding hydrogens is 288 g/mol. The minimum atomic E-state index is 0.207. The van der Waals surface area contributed by atoms with Crippen molar-refractivity contribution in [1.82, 2.24) is 9.80 Å². The van der Waals surface area contributed by atoms with Crippen LogP contribution in [-0.4, -0.2) is 48.5 Å². The Bertz CT molecular complexity index is 550. The third-order valence-corrected chi connectivity index (χ3v) is 5.39. The van der Waals surface area contributed by atoms with Gasteiger partial charge in [-0.1, -0.05) is 12.1 Å². The lowest BCUT2D eigenvalue weighted by molar-refractivity contribution is -0.145. The highest BCUT2D eigenvalue weighted by molar-refractivity contribution is 5.80. The Hall–Kier alpha value is -1.55. The van der Waals surface area contributed by atoms with Crippen LogP contribution in [0.5, 0.6) is 5.75 Å². The van der Waals surface area contributed by atoms with Gasteiger partial charge in [0, 0.05) is 18.5 Å². The molecule has 0 spiro atoms. The van der Waals surface area contributed by atoms with Crippen molar-refractivity contribution in [3.8, 4) is 5.75 Å². The Morgan fingerprint density at radius 1 is 1.17 bits per heavy atom. The fourth-order valence-electron chi connectivity index (χ4n) is 3.74. The molecule has 1 atom stereocenters. The van der Waals surface area contributed by atoms with E-state index in [1.54, 1.807) is 7.11 Å². The maximum atomic E-state index is 12.9. The first-order valence-electron chi connectivity index (χ1n) is 8.78. The summed E-state index contributed by atoms with van der Waals surface area (Å²) in [5.41, 5.74) is 1.20. The van der Waals surface area contributed by atoms with Crippen LogP contribution in [0.4, 0.5) is 0 Å².